The molecule has 0 fully saturated rings. The van der Waals surface area contributed by atoms with Crippen LogP contribution in [-0.4, -0.2) is 53.4 Å². The molecule has 9 nitrogen and oxygen atoms in total. The van der Waals surface area contributed by atoms with E-state index in [1.54, 1.807) is 26.8 Å². The summed E-state index contributed by atoms with van der Waals surface area (Å²) in [7, 11) is 1.46. The maximum Gasteiger partial charge on any atom is 0.408 e. The summed E-state index contributed by atoms with van der Waals surface area (Å²) in [6, 6.07) is 3.16. The average molecular weight is 449 g/mol. The van der Waals surface area contributed by atoms with Gasteiger partial charge in [-0.05, 0) is 59.6 Å². The van der Waals surface area contributed by atoms with Crippen molar-refractivity contribution in [2.75, 3.05) is 7.05 Å². The van der Waals surface area contributed by atoms with Crippen molar-refractivity contribution in [2.45, 2.75) is 78.6 Å². The van der Waals surface area contributed by atoms with E-state index in [4.69, 9.17) is 10.5 Å². The summed E-state index contributed by atoms with van der Waals surface area (Å²) >= 11 is 0. The molecule has 0 radical (unpaired) electrons. The Bertz CT molecular complexity index is 860. The maximum atomic E-state index is 13.3. The molecule has 1 aromatic rings. The normalized spacial score (nSPS) is 13.2. The number of carbonyl (C=O) groups is 4. The number of rotatable bonds is 8. The number of nitrogens with zero attached hydrogens (tertiary/aromatic N) is 1. The predicted octanol–water partition coefficient (Wildman–Crippen LogP) is 2.10. The van der Waals surface area contributed by atoms with Crippen molar-refractivity contribution < 1.29 is 23.9 Å². The molecule has 178 valence electrons. The van der Waals surface area contributed by atoms with Crippen molar-refractivity contribution in [3.63, 3.8) is 0 Å². The van der Waals surface area contributed by atoms with Crippen molar-refractivity contribution in [1.29, 1.82) is 0 Å². The van der Waals surface area contributed by atoms with Gasteiger partial charge in [-0.15, -0.1) is 0 Å². The first-order chi connectivity index (χ1) is 14.6. The smallest absolute Gasteiger partial charge is 0.408 e. The fraction of sp³-hybridized carbons (Fsp3) is 0.565. The first-order valence-electron chi connectivity index (χ1n) is 10.5. The van der Waals surface area contributed by atoms with Crippen LogP contribution >= 0.6 is 0 Å². The van der Waals surface area contributed by atoms with Gasteiger partial charge >= 0.3 is 6.09 Å². The van der Waals surface area contributed by atoms with Gasteiger partial charge in [0.25, 0.3) is 0 Å². The van der Waals surface area contributed by atoms with Crippen LogP contribution in [0.15, 0.2) is 18.2 Å². The van der Waals surface area contributed by atoms with Crippen molar-refractivity contribution in [3.8, 4) is 0 Å². The molecular formula is C23H36N4O5. The summed E-state index contributed by atoms with van der Waals surface area (Å²) in [4.78, 5) is 51.5. The Morgan fingerprint density at radius 1 is 1.09 bits per heavy atom. The minimum Gasteiger partial charge on any atom is -0.444 e. The average Bonchev–Trinajstić information content (AvgIpc) is 2.59. The standard InChI is InChI=1S/C23H36N4O5/c1-13(2)25-20(29)19(16-10-9-14(3)11-15(16)4)27(8)21(30)17(12-18(24)28)26-22(31)32-23(5,6)7/h9-11,13,17,19H,12H2,1-8H3,(H2,24,28)(H,25,29)(H,26,31). The van der Waals surface area contributed by atoms with Gasteiger partial charge in [0, 0.05) is 13.1 Å². The Balaban J connectivity index is 3.32. The molecular weight excluding hydrogens is 412 g/mol. The van der Waals surface area contributed by atoms with Gasteiger partial charge in [-0.1, -0.05) is 23.8 Å². The highest BCUT2D eigenvalue weighted by Gasteiger charge is 2.35. The van der Waals surface area contributed by atoms with E-state index in [1.165, 1.54) is 11.9 Å². The van der Waals surface area contributed by atoms with E-state index in [0.717, 1.165) is 11.1 Å². The summed E-state index contributed by atoms with van der Waals surface area (Å²) in [5.74, 6) is -1.79. The number of hydrogen-bond acceptors (Lipinski definition) is 5. The number of hydrogen-bond donors (Lipinski definition) is 3. The van der Waals surface area contributed by atoms with E-state index in [1.807, 2.05) is 39.8 Å². The molecule has 0 saturated heterocycles. The molecule has 4 N–H and O–H groups in total. The summed E-state index contributed by atoms with van der Waals surface area (Å²) in [5, 5.41) is 5.24. The molecule has 4 amide bonds. The highest BCUT2D eigenvalue weighted by atomic mass is 16.6. The van der Waals surface area contributed by atoms with E-state index in [2.05, 4.69) is 10.6 Å². The molecule has 0 aliphatic heterocycles. The number of amides is 4. The molecule has 0 bridgehead atoms. The molecule has 32 heavy (non-hydrogen) atoms. The van der Waals surface area contributed by atoms with Crippen LogP contribution in [0.1, 0.15) is 63.8 Å². The molecule has 0 spiro atoms. The molecule has 0 heterocycles. The zero-order valence-electron chi connectivity index (χ0n) is 20.2. The monoisotopic (exact) mass is 448 g/mol. The van der Waals surface area contributed by atoms with E-state index in [9.17, 15) is 19.2 Å². The number of likely N-dealkylation sites (N-methyl/N-ethyl adjacent to an activating group) is 1. The number of nitrogens with one attached hydrogen (secondary N) is 2. The van der Waals surface area contributed by atoms with Crippen molar-refractivity contribution in [1.82, 2.24) is 15.5 Å². The Morgan fingerprint density at radius 3 is 2.16 bits per heavy atom. The molecule has 1 aromatic carbocycles. The number of nitrogens with two attached hydrogens (primary N) is 1. The molecule has 2 unspecified atom stereocenters. The van der Waals surface area contributed by atoms with Crippen LogP contribution in [0.25, 0.3) is 0 Å². The minimum atomic E-state index is -1.28. The van der Waals surface area contributed by atoms with E-state index in [0.29, 0.717) is 5.56 Å². The van der Waals surface area contributed by atoms with E-state index < -0.39 is 42.0 Å². The summed E-state index contributed by atoms with van der Waals surface area (Å²) in [6.07, 6.45) is -1.30. The molecule has 0 aliphatic carbocycles. The van der Waals surface area contributed by atoms with Gasteiger partial charge in [-0.25, -0.2) is 4.79 Å². The van der Waals surface area contributed by atoms with Gasteiger partial charge in [-0.3, -0.25) is 14.4 Å². The summed E-state index contributed by atoms with van der Waals surface area (Å²) in [5.41, 5.74) is 7.00. The van der Waals surface area contributed by atoms with Gasteiger partial charge in [-0.2, -0.15) is 0 Å². The zero-order chi connectivity index (χ0) is 24.8. The Hall–Kier alpha value is -3.10. The lowest BCUT2D eigenvalue weighted by molar-refractivity contribution is -0.141. The van der Waals surface area contributed by atoms with E-state index >= 15 is 0 Å². The van der Waals surface area contributed by atoms with Gasteiger partial charge in [0.1, 0.15) is 17.7 Å². The van der Waals surface area contributed by atoms with Crippen LogP contribution in [0.4, 0.5) is 4.79 Å². The zero-order valence-corrected chi connectivity index (χ0v) is 20.2. The number of aryl methyl sites for hydroxylation is 2. The van der Waals surface area contributed by atoms with Gasteiger partial charge in [0.2, 0.25) is 17.7 Å². The number of primary amides is 1. The number of ether oxygens (including phenoxy) is 1. The molecule has 0 saturated carbocycles. The molecule has 1 rings (SSSR count). The Kier molecular flexibility index (Phi) is 9.23. The third-order valence-corrected chi connectivity index (χ3v) is 4.53. The lowest BCUT2D eigenvalue weighted by Gasteiger charge is -2.32. The molecule has 0 aromatic heterocycles. The van der Waals surface area contributed by atoms with Gasteiger partial charge in [0.05, 0.1) is 6.42 Å². The second kappa shape index (κ2) is 11.0. The van der Waals surface area contributed by atoms with Crippen molar-refractivity contribution in [2.24, 2.45) is 5.73 Å². The van der Waals surface area contributed by atoms with Crippen LogP contribution in [0.3, 0.4) is 0 Å². The van der Waals surface area contributed by atoms with Crippen LogP contribution in [0, 0.1) is 13.8 Å². The van der Waals surface area contributed by atoms with Crippen LogP contribution in [0.5, 0.6) is 0 Å². The molecule has 2 atom stereocenters. The number of alkyl carbamates (subject to hydrolysis) is 1. The predicted molar refractivity (Wildman–Crippen MR) is 122 cm³/mol. The minimum absolute atomic E-state index is 0.152. The quantitative estimate of drug-likeness (QED) is 0.560. The highest BCUT2D eigenvalue weighted by Crippen LogP contribution is 2.25. The fourth-order valence-electron chi connectivity index (χ4n) is 3.25. The lowest BCUT2D eigenvalue weighted by Crippen LogP contribution is -2.53. The second-order valence-corrected chi connectivity index (χ2v) is 9.24. The SMILES string of the molecule is Cc1ccc(C(C(=O)NC(C)C)N(C)C(=O)C(CC(N)=O)NC(=O)OC(C)(C)C)c(C)c1. The van der Waals surface area contributed by atoms with Gasteiger partial charge < -0.3 is 26.0 Å². The van der Waals surface area contributed by atoms with Gasteiger partial charge in [0.15, 0.2) is 0 Å². The maximum absolute atomic E-state index is 13.3. The molecule has 9 heteroatoms. The first kappa shape index (κ1) is 26.9. The van der Waals surface area contributed by atoms with Crippen molar-refractivity contribution in [3.05, 3.63) is 34.9 Å². The topological polar surface area (TPSA) is 131 Å². The van der Waals surface area contributed by atoms with E-state index in [-0.39, 0.29) is 11.9 Å². The summed E-state index contributed by atoms with van der Waals surface area (Å²) in [6.45, 7) is 12.5. The highest BCUT2D eigenvalue weighted by molar-refractivity contribution is 5.94. The van der Waals surface area contributed by atoms with Crippen LogP contribution in [0.2, 0.25) is 0 Å². The number of benzene rings is 1. The number of carbonyl (C=O) groups excluding carboxylic acids is 4. The summed E-state index contributed by atoms with van der Waals surface area (Å²) < 4.78 is 5.20. The van der Waals surface area contributed by atoms with Crippen molar-refractivity contribution >= 4 is 23.8 Å². The first-order valence-corrected chi connectivity index (χ1v) is 10.5. The Labute approximate surface area is 190 Å². The fourth-order valence-corrected chi connectivity index (χ4v) is 3.25. The largest absolute Gasteiger partial charge is 0.444 e. The third-order valence-electron chi connectivity index (χ3n) is 4.53. The van der Waals surface area contributed by atoms with Crippen LogP contribution < -0.4 is 16.4 Å². The van der Waals surface area contributed by atoms with Crippen LogP contribution in [-0.2, 0) is 19.1 Å². The molecule has 0 aliphatic rings. The Morgan fingerprint density at radius 2 is 1.69 bits per heavy atom. The lowest BCUT2D eigenvalue weighted by atomic mass is 9.96. The third kappa shape index (κ3) is 8.20. The second-order valence-electron chi connectivity index (χ2n) is 9.24.